The number of nitriles is 1. The van der Waals surface area contributed by atoms with Crippen molar-refractivity contribution in [2.24, 2.45) is 11.8 Å². The number of halogens is 3. The maximum Gasteiger partial charge on any atom is 0.416 e. The lowest BCUT2D eigenvalue weighted by Gasteiger charge is -2.49. The number of ketones is 1. The Labute approximate surface area is 195 Å². The van der Waals surface area contributed by atoms with Gasteiger partial charge in [-0.05, 0) is 49.3 Å². The van der Waals surface area contributed by atoms with E-state index < -0.39 is 29.9 Å². The molecule has 1 aliphatic heterocycles. The topological polar surface area (TPSA) is 64.4 Å². The minimum atomic E-state index is -4.51. The Morgan fingerprint density at radius 2 is 1.94 bits per heavy atom. The van der Waals surface area contributed by atoms with Crippen LogP contribution in [0.5, 0.6) is 0 Å². The van der Waals surface area contributed by atoms with Crippen LogP contribution in [-0.2, 0) is 4.79 Å². The molecule has 0 aromatic heterocycles. The summed E-state index contributed by atoms with van der Waals surface area (Å²) >= 11 is 1.17. The molecule has 0 saturated heterocycles. The first kappa shape index (κ1) is 23.4. The summed E-state index contributed by atoms with van der Waals surface area (Å²) in [6.45, 7) is 1.94. The maximum absolute atomic E-state index is 13.7. The lowest BCUT2D eigenvalue weighted by molar-refractivity contribution is -0.117. The van der Waals surface area contributed by atoms with Gasteiger partial charge in [0.05, 0.1) is 23.7 Å². The van der Waals surface area contributed by atoms with Crippen LogP contribution >= 0.6 is 11.9 Å². The third kappa shape index (κ3) is 4.17. The molecule has 4 aliphatic rings. The van der Waals surface area contributed by atoms with Crippen molar-refractivity contribution in [3.05, 3.63) is 58.9 Å². The molecule has 33 heavy (non-hydrogen) atoms. The van der Waals surface area contributed by atoms with Gasteiger partial charge in [0.2, 0.25) is 0 Å². The largest absolute Gasteiger partial charge is 0.416 e. The molecule has 0 fully saturated rings. The van der Waals surface area contributed by atoms with Crippen molar-refractivity contribution in [2.45, 2.75) is 50.9 Å². The van der Waals surface area contributed by atoms with E-state index in [9.17, 15) is 28.0 Å². The Balaban J connectivity index is 1.82. The van der Waals surface area contributed by atoms with Gasteiger partial charge in [0.25, 0.3) is 0 Å². The van der Waals surface area contributed by atoms with Crippen LogP contribution < -0.4 is 0 Å². The van der Waals surface area contributed by atoms with Crippen LogP contribution in [0.2, 0.25) is 0 Å². The van der Waals surface area contributed by atoms with E-state index in [1.54, 1.807) is 12.3 Å². The average Bonchev–Trinajstić information content (AvgIpc) is 2.78. The minimum Gasteiger partial charge on any atom is -0.294 e. The van der Waals surface area contributed by atoms with Gasteiger partial charge >= 0.3 is 12.2 Å². The number of carbonyl (C=O) groups is 2. The summed E-state index contributed by atoms with van der Waals surface area (Å²) in [7, 11) is 0. The molecule has 4 unspecified atom stereocenters. The number of allylic oxidation sites excluding steroid dienone is 6. The van der Waals surface area contributed by atoms with E-state index >= 15 is 0 Å². The number of alkyl halides is 3. The maximum atomic E-state index is 13.7. The van der Waals surface area contributed by atoms with Gasteiger partial charge in [0, 0.05) is 35.4 Å². The van der Waals surface area contributed by atoms with Crippen LogP contribution in [0.3, 0.4) is 0 Å². The molecule has 4 rings (SSSR count). The van der Waals surface area contributed by atoms with Crippen molar-refractivity contribution in [3.8, 4) is 6.07 Å². The Morgan fingerprint density at radius 3 is 2.58 bits per heavy atom. The highest BCUT2D eigenvalue weighted by molar-refractivity contribution is 7.96. The number of hydrogen-bond donors (Lipinski definition) is 0. The van der Waals surface area contributed by atoms with Crippen LogP contribution in [0.25, 0.3) is 0 Å². The molecular weight excluding hydrogens is 451 g/mol. The summed E-state index contributed by atoms with van der Waals surface area (Å²) < 4.78 is 41.7. The molecule has 0 saturated carbocycles. The summed E-state index contributed by atoms with van der Waals surface area (Å²) in [6, 6.07) is 0.360. The number of urea groups is 1. The van der Waals surface area contributed by atoms with E-state index in [0.29, 0.717) is 36.1 Å². The Hall–Kier alpha value is -2.73. The monoisotopic (exact) mass is 475 g/mol. The van der Waals surface area contributed by atoms with Crippen molar-refractivity contribution >= 4 is 23.8 Å². The zero-order valence-electron chi connectivity index (χ0n) is 18.3. The number of Topliss-reactive ketones (excluding diaryl/α,β-unsaturated/α-hetero) is 1. The van der Waals surface area contributed by atoms with Gasteiger partial charge in [0.15, 0.2) is 5.78 Å². The molecular formula is C24H24F3N3O2S. The van der Waals surface area contributed by atoms with Gasteiger partial charge in [-0.25, -0.2) is 4.79 Å². The molecule has 2 amide bonds. The normalized spacial score (nSPS) is 30.2. The molecule has 0 spiro atoms. The van der Waals surface area contributed by atoms with E-state index in [4.69, 9.17) is 0 Å². The molecule has 0 aromatic carbocycles. The molecule has 1 heterocycles. The average molecular weight is 476 g/mol. The molecule has 0 N–H and O–H groups in total. The lowest BCUT2D eigenvalue weighted by atomic mass is 9.75. The Bertz CT molecular complexity index is 1060. The molecule has 0 bridgehead atoms. The van der Waals surface area contributed by atoms with Crippen LogP contribution in [0, 0.1) is 23.2 Å². The molecule has 4 atom stereocenters. The van der Waals surface area contributed by atoms with E-state index in [0.717, 1.165) is 12.2 Å². The first-order chi connectivity index (χ1) is 15.7. The van der Waals surface area contributed by atoms with E-state index in [2.05, 4.69) is 6.07 Å². The van der Waals surface area contributed by atoms with Crippen LogP contribution in [-0.4, -0.2) is 45.5 Å². The van der Waals surface area contributed by atoms with Crippen molar-refractivity contribution in [2.75, 3.05) is 6.26 Å². The van der Waals surface area contributed by atoms with Crippen molar-refractivity contribution < 1.29 is 22.8 Å². The summed E-state index contributed by atoms with van der Waals surface area (Å²) in [6.07, 6.45) is 7.80. The quantitative estimate of drug-likeness (QED) is 0.508. The number of carbonyl (C=O) groups excluding carboxylic acids is 2. The van der Waals surface area contributed by atoms with Crippen molar-refractivity contribution in [3.63, 3.8) is 0 Å². The van der Waals surface area contributed by atoms with E-state index in [1.807, 2.05) is 19.1 Å². The van der Waals surface area contributed by atoms with Gasteiger partial charge in [-0.2, -0.15) is 18.4 Å². The first-order valence-electron chi connectivity index (χ1n) is 10.9. The summed E-state index contributed by atoms with van der Waals surface area (Å²) in [5.41, 5.74) is 0.801. The summed E-state index contributed by atoms with van der Waals surface area (Å²) in [4.78, 5) is 28.3. The van der Waals surface area contributed by atoms with Gasteiger partial charge in [-0.15, -0.1) is 0 Å². The lowest BCUT2D eigenvalue weighted by Crippen LogP contribution is -2.57. The highest BCUT2D eigenvalue weighted by atomic mass is 32.2. The number of rotatable bonds is 3. The minimum absolute atomic E-state index is 0.0696. The fourth-order valence-electron chi connectivity index (χ4n) is 5.11. The second kappa shape index (κ2) is 8.90. The molecule has 3 aliphatic carbocycles. The van der Waals surface area contributed by atoms with Crippen LogP contribution in [0.15, 0.2) is 58.9 Å². The fraction of sp³-hybridized carbons (Fsp3) is 0.458. The fourth-order valence-corrected chi connectivity index (χ4v) is 5.83. The second-order valence-corrected chi connectivity index (χ2v) is 9.36. The molecule has 9 heteroatoms. The number of hydrogen-bond acceptors (Lipinski definition) is 4. The zero-order chi connectivity index (χ0) is 23.9. The van der Waals surface area contributed by atoms with Crippen LogP contribution in [0.4, 0.5) is 18.0 Å². The van der Waals surface area contributed by atoms with Gasteiger partial charge in [-0.1, -0.05) is 31.2 Å². The predicted octanol–water partition coefficient (Wildman–Crippen LogP) is 5.47. The standard InChI is InChI=1S/C24H24F3N3O2S/c1-14-11-15(13-28)9-10-18(14)22-21-19(7-4-8-20(21)31)29(23(32)30(22)33-2)17-6-3-5-16(12-17)24(25,26)27/h3,5,9-12,14,17-18,22H,4,6-8H2,1-2H3. The predicted molar refractivity (Wildman–Crippen MR) is 119 cm³/mol. The number of nitrogens with zero attached hydrogens (tertiary/aromatic N) is 3. The Morgan fingerprint density at radius 1 is 1.18 bits per heavy atom. The molecule has 5 nitrogen and oxygen atoms in total. The highest BCUT2D eigenvalue weighted by Crippen LogP contribution is 2.45. The van der Waals surface area contributed by atoms with E-state index in [1.165, 1.54) is 27.2 Å². The van der Waals surface area contributed by atoms with Crippen molar-refractivity contribution in [1.29, 1.82) is 5.26 Å². The van der Waals surface area contributed by atoms with E-state index in [-0.39, 0.29) is 24.0 Å². The molecule has 0 aromatic rings. The summed E-state index contributed by atoms with van der Waals surface area (Å²) in [5, 5.41) is 9.23. The van der Waals surface area contributed by atoms with Crippen molar-refractivity contribution in [1.82, 2.24) is 9.21 Å². The number of amides is 2. The van der Waals surface area contributed by atoms with Gasteiger partial charge in [-0.3, -0.25) is 14.0 Å². The Kier molecular flexibility index (Phi) is 6.32. The second-order valence-electron chi connectivity index (χ2n) is 8.60. The summed E-state index contributed by atoms with van der Waals surface area (Å²) in [5.74, 6) is -0.387. The molecule has 0 radical (unpaired) electrons. The highest BCUT2D eigenvalue weighted by Gasteiger charge is 2.49. The zero-order valence-corrected chi connectivity index (χ0v) is 19.1. The third-order valence-corrected chi connectivity index (χ3v) is 7.38. The molecule has 174 valence electrons. The van der Waals surface area contributed by atoms with Gasteiger partial charge in [0.1, 0.15) is 0 Å². The SMILES string of the molecule is CSN1C(=O)N(C2C=C(C(F)(F)F)C=CC2)C2=C(C(=O)CCC2)C1C1C=CC(C#N)=CC1C. The third-order valence-electron chi connectivity index (χ3n) is 6.61. The first-order valence-corrected chi connectivity index (χ1v) is 12.0. The smallest absolute Gasteiger partial charge is 0.294 e. The van der Waals surface area contributed by atoms with Gasteiger partial charge < -0.3 is 0 Å². The van der Waals surface area contributed by atoms with Crippen LogP contribution in [0.1, 0.15) is 32.6 Å².